The number of aryl methyl sites for hydroxylation is 1. The van der Waals surface area contributed by atoms with E-state index in [9.17, 15) is 4.79 Å². The van der Waals surface area contributed by atoms with Gasteiger partial charge in [0.15, 0.2) is 11.5 Å². The van der Waals surface area contributed by atoms with Gasteiger partial charge in [-0.25, -0.2) is 0 Å². The Kier molecular flexibility index (Phi) is 5.10. The predicted molar refractivity (Wildman–Crippen MR) is 108 cm³/mol. The van der Waals surface area contributed by atoms with Crippen LogP contribution in [0.25, 0.3) is 0 Å². The van der Waals surface area contributed by atoms with Gasteiger partial charge in [0, 0.05) is 12.2 Å². The van der Waals surface area contributed by atoms with E-state index in [0.29, 0.717) is 11.6 Å². The summed E-state index contributed by atoms with van der Waals surface area (Å²) < 4.78 is 5.90. The van der Waals surface area contributed by atoms with Crippen molar-refractivity contribution >= 4 is 17.4 Å². The maximum absolute atomic E-state index is 12.4. The number of nitrogens with one attached hydrogen (secondary N) is 1. The number of carbonyl (C=O) groups is 1. The molecule has 144 valence electrons. The van der Waals surface area contributed by atoms with Gasteiger partial charge in [-0.2, -0.15) is 0 Å². The molecule has 0 aliphatic carbocycles. The zero-order chi connectivity index (χ0) is 19.5. The fourth-order valence-corrected chi connectivity index (χ4v) is 3.63. The fourth-order valence-electron chi connectivity index (χ4n) is 3.63. The average molecular weight is 376 g/mol. The standard InChI is InChI=1S/C22H24N4O2/c1-15-12-13-26(19(14-15)20-10-8-16(2)28-20)21-11-9-18(24-25-21)22(27)23-17-6-4-3-5-7-17/h3-11,15,19H,12-14H2,1-2H3,(H,23,27). The van der Waals surface area contributed by atoms with Crippen molar-refractivity contribution in [2.45, 2.75) is 32.7 Å². The van der Waals surface area contributed by atoms with Crippen LogP contribution in [-0.2, 0) is 0 Å². The second-order valence-corrected chi connectivity index (χ2v) is 7.38. The third-order valence-corrected chi connectivity index (χ3v) is 5.16. The summed E-state index contributed by atoms with van der Waals surface area (Å²) >= 11 is 0. The molecule has 1 aliphatic rings. The zero-order valence-electron chi connectivity index (χ0n) is 16.1. The summed E-state index contributed by atoms with van der Waals surface area (Å²) in [5.41, 5.74) is 1.03. The Morgan fingerprint density at radius 1 is 1.11 bits per heavy atom. The molecule has 0 spiro atoms. The number of nitrogens with zero attached hydrogens (tertiary/aromatic N) is 3. The normalized spacial score (nSPS) is 19.4. The molecule has 1 saturated heterocycles. The highest BCUT2D eigenvalue weighted by Gasteiger charge is 2.31. The molecule has 3 heterocycles. The minimum absolute atomic E-state index is 0.135. The number of hydrogen-bond acceptors (Lipinski definition) is 5. The van der Waals surface area contributed by atoms with Gasteiger partial charge in [0.2, 0.25) is 0 Å². The molecule has 28 heavy (non-hydrogen) atoms. The lowest BCUT2D eigenvalue weighted by atomic mass is 9.91. The number of para-hydroxylation sites is 1. The van der Waals surface area contributed by atoms with Crippen LogP contribution in [0.15, 0.2) is 59.0 Å². The smallest absolute Gasteiger partial charge is 0.276 e. The third kappa shape index (κ3) is 3.91. The molecule has 1 N–H and O–H groups in total. The van der Waals surface area contributed by atoms with Gasteiger partial charge in [-0.1, -0.05) is 25.1 Å². The van der Waals surface area contributed by atoms with Crippen LogP contribution in [-0.4, -0.2) is 22.6 Å². The Morgan fingerprint density at radius 2 is 1.93 bits per heavy atom. The Labute approximate surface area is 164 Å². The average Bonchev–Trinajstić information content (AvgIpc) is 3.15. The van der Waals surface area contributed by atoms with Gasteiger partial charge in [-0.05, 0) is 62.1 Å². The van der Waals surface area contributed by atoms with Crippen LogP contribution in [0.1, 0.15) is 47.8 Å². The fraction of sp³-hybridized carbons (Fsp3) is 0.318. The second-order valence-electron chi connectivity index (χ2n) is 7.38. The Balaban J connectivity index is 1.52. The molecule has 0 bridgehead atoms. The van der Waals surface area contributed by atoms with E-state index in [0.717, 1.165) is 42.4 Å². The highest BCUT2D eigenvalue weighted by molar-refractivity contribution is 6.02. The van der Waals surface area contributed by atoms with E-state index in [1.807, 2.05) is 55.5 Å². The number of aromatic nitrogens is 2. The second kappa shape index (κ2) is 7.84. The molecule has 0 radical (unpaired) electrons. The van der Waals surface area contributed by atoms with Crippen LogP contribution in [0.3, 0.4) is 0 Å². The molecule has 1 aliphatic heterocycles. The third-order valence-electron chi connectivity index (χ3n) is 5.16. The van der Waals surface area contributed by atoms with E-state index < -0.39 is 0 Å². The highest BCUT2D eigenvalue weighted by Crippen LogP contribution is 2.37. The van der Waals surface area contributed by atoms with Crippen molar-refractivity contribution in [3.63, 3.8) is 0 Å². The first-order valence-electron chi connectivity index (χ1n) is 9.63. The molecular formula is C22H24N4O2. The number of furan rings is 1. The van der Waals surface area contributed by atoms with Gasteiger partial charge in [0.25, 0.3) is 5.91 Å². The number of amides is 1. The monoisotopic (exact) mass is 376 g/mol. The van der Waals surface area contributed by atoms with Crippen LogP contribution in [0, 0.1) is 12.8 Å². The lowest BCUT2D eigenvalue weighted by Gasteiger charge is -2.38. The molecule has 2 atom stereocenters. The molecule has 1 aromatic carbocycles. The number of carbonyl (C=O) groups excluding carboxylic acids is 1. The van der Waals surface area contributed by atoms with Gasteiger partial charge < -0.3 is 14.6 Å². The van der Waals surface area contributed by atoms with Crippen molar-refractivity contribution in [3.8, 4) is 0 Å². The van der Waals surface area contributed by atoms with Crippen molar-refractivity contribution < 1.29 is 9.21 Å². The molecule has 3 aromatic rings. The van der Waals surface area contributed by atoms with E-state index in [1.165, 1.54) is 0 Å². The van der Waals surface area contributed by atoms with Gasteiger partial charge in [-0.3, -0.25) is 4.79 Å². The first-order valence-corrected chi connectivity index (χ1v) is 9.63. The SMILES string of the molecule is Cc1ccc(C2CC(C)CCN2c2ccc(C(=O)Nc3ccccc3)nn2)o1. The lowest BCUT2D eigenvalue weighted by molar-refractivity contribution is 0.102. The van der Waals surface area contributed by atoms with E-state index in [4.69, 9.17) is 4.42 Å². The number of benzene rings is 1. The number of anilines is 2. The summed E-state index contributed by atoms with van der Waals surface area (Å²) in [4.78, 5) is 14.6. The molecule has 0 saturated carbocycles. The summed E-state index contributed by atoms with van der Waals surface area (Å²) in [5.74, 6) is 2.98. The van der Waals surface area contributed by atoms with Crippen molar-refractivity contribution in [1.29, 1.82) is 0 Å². The van der Waals surface area contributed by atoms with Crippen LogP contribution >= 0.6 is 0 Å². The minimum Gasteiger partial charge on any atom is -0.464 e. The number of hydrogen-bond donors (Lipinski definition) is 1. The lowest BCUT2D eigenvalue weighted by Crippen LogP contribution is -2.36. The Morgan fingerprint density at radius 3 is 2.61 bits per heavy atom. The highest BCUT2D eigenvalue weighted by atomic mass is 16.3. The topological polar surface area (TPSA) is 71.3 Å². The molecule has 1 fully saturated rings. The largest absolute Gasteiger partial charge is 0.464 e. The molecule has 1 amide bonds. The van der Waals surface area contributed by atoms with Gasteiger partial charge in [0.1, 0.15) is 11.5 Å². The van der Waals surface area contributed by atoms with Crippen molar-refractivity contribution in [3.05, 3.63) is 71.8 Å². The first kappa shape index (κ1) is 18.2. The first-order chi connectivity index (χ1) is 13.6. The summed E-state index contributed by atoms with van der Waals surface area (Å²) in [5, 5.41) is 11.3. The van der Waals surface area contributed by atoms with Gasteiger partial charge in [0.05, 0.1) is 6.04 Å². The predicted octanol–water partition coefficient (Wildman–Crippen LogP) is 4.61. The summed E-state index contributed by atoms with van der Waals surface area (Å²) in [7, 11) is 0. The van der Waals surface area contributed by atoms with Crippen LogP contribution < -0.4 is 10.2 Å². The molecular weight excluding hydrogens is 352 g/mol. The maximum atomic E-state index is 12.4. The van der Waals surface area contributed by atoms with Crippen molar-refractivity contribution in [2.24, 2.45) is 5.92 Å². The van der Waals surface area contributed by atoms with E-state index >= 15 is 0 Å². The molecule has 4 rings (SSSR count). The van der Waals surface area contributed by atoms with E-state index in [2.05, 4.69) is 27.3 Å². The summed E-state index contributed by atoms with van der Waals surface area (Å²) in [6.45, 7) is 5.11. The maximum Gasteiger partial charge on any atom is 0.276 e. The Hall–Kier alpha value is -3.15. The minimum atomic E-state index is -0.268. The van der Waals surface area contributed by atoms with Crippen LogP contribution in [0.2, 0.25) is 0 Å². The Bertz CT molecular complexity index is 937. The summed E-state index contributed by atoms with van der Waals surface area (Å²) in [6, 6.07) is 17.1. The van der Waals surface area contributed by atoms with Gasteiger partial charge in [-0.15, -0.1) is 10.2 Å². The molecule has 2 aromatic heterocycles. The number of rotatable bonds is 4. The number of piperidine rings is 1. The van der Waals surface area contributed by atoms with Crippen LogP contribution in [0.4, 0.5) is 11.5 Å². The molecule has 2 unspecified atom stereocenters. The van der Waals surface area contributed by atoms with E-state index in [1.54, 1.807) is 6.07 Å². The van der Waals surface area contributed by atoms with Crippen molar-refractivity contribution in [1.82, 2.24) is 10.2 Å². The zero-order valence-corrected chi connectivity index (χ0v) is 16.1. The quantitative estimate of drug-likeness (QED) is 0.720. The van der Waals surface area contributed by atoms with E-state index in [-0.39, 0.29) is 11.9 Å². The summed E-state index contributed by atoms with van der Waals surface area (Å²) in [6.07, 6.45) is 2.10. The van der Waals surface area contributed by atoms with Gasteiger partial charge >= 0.3 is 0 Å². The van der Waals surface area contributed by atoms with Crippen molar-refractivity contribution in [2.75, 3.05) is 16.8 Å². The van der Waals surface area contributed by atoms with Crippen LogP contribution in [0.5, 0.6) is 0 Å². The molecule has 6 nitrogen and oxygen atoms in total. The molecule has 6 heteroatoms.